The Balaban J connectivity index is 3.56. The predicted octanol–water partition coefficient (Wildman–Crippen LogP) is 1.29. The lowest BCUT2D eigenvalue weighted by atomic mass is 10.8. The molecule has 0 unspecified atom stereocenters. The summed E-state index contributed by atoms with van der Waals surface area (Å²) in [6.45, 7) is 0. The molecule has 0 aliphatic carbocycles. The molecule has 0 bridgehead atoms. The van der Waals surface area contributed by atoms with Crippen molar-refractivity contribution in [3.63, 3.8) is 0 Å². The van der Waals surface area contributed by atoms with E-state index >= 15 is 0 Å². The molecule has 0 spiro atoms. The smallest absolute Gasteiger partial charge is 0.217 e. The van der Waals surface area contributed by atoms with Gasteiger partial charge in [-0.15, -0.1) is 0 Å². The molecule has 0 heterocycles. The van der Waals surface area contributed by atoms with E-state index in [4.69, 9.17) is 0 Å². The highest BCUT2D eigenvalue weighted by atomic mass is 19.2. The highest BCUT2D eigenvalue weighted by molar-refractivity contribution is 4.79. The van der Waals surface area contributed by atoms with Crippen LogP contribution in [0.2, 0.25) is 0 Å². The minimum atomic E-state index is -0.861. The van der Waals surface area contributed by atoms with Gasteiger partial charge < -0.3 is 4.90 Å². The van der Waals surface area contributed by atoms with Gasteiger partial charge in [-0.1, -0.05) is 0 Å². The fraction of sp³-hybridized carbons (Fsp3) is 0.500. The highest BCUT2D eigenvalue weighted by Gasteiger charge is 1.91. The number of rotatable bonds is 1. The topological polar surface area (TPSA) is 3.24 Å². The Hall–Kier alpha value is -0.600. The number of hydrogen-bond donors (Lipinski definition) is 0. The van der Waals surface area contributed by atoms with Crippen LogP contribution in [0.3, 0.4) is 0 Å². The maximum Gasteiger partial charge on any atom is 0.217 e. The summed E-state index contributed by atoms with van der Waals surface area (Å²) in [6.07, 6.45) is -0.0833. The van der Waals surface area contributed by atoms with Gasteiger partial charge in [-0.3, -0.25) is 0 Å². The molecule has 0 atom stereocenters. The molecule has 0 saturated carbocycles. The van der Waals surface area contributed by atoms with Crippen LogP contribution < -0.4 is 0 Å². The Morgan fingerprint density at radius 1 is 1.57 bits per heavy atom. The third kappa shape index (κ3) is 2.14. The average Bonchev–Trinajstić information content (AvgIpc) is 1.65. The quantitative estimate of drug-likeness (QED) is 0.456. The molecular formula is C4H7F2N. The summed E-state index contributed by atoms with van der Waals surface area (Å²) in [7, 11) is 2.84. The molecule has 0 amide bonds. The van der Waals surface area contributed by atoms with E-state index in [2.05, 4.69) is 0 Å². The summed E-state index contributed by atoms with van der Waals surface area (Å²) in [5, 5.41) is 0. The van der Waals surface area contributed by atoms with E-state index in [0.29, 0.717) is 0 Å². The number of halogens is 2. The zero-order chi connectivity index (χ0) is 5.86. The van der Waals surface area contributed by atoms with Crippen LogP contribution in [0, 0.1) is 0 Å². The Labute approximate surface area is 41.2 Å². The van der Waals surface area contributed by atoms with E-state index < -0.39 is 5.95 Å². The molecule has 1 nitrogen and oxygen atoms in total. The Kier molecular flexibility index (Phi) is 2.33. The Morgan fingerprint density at radius 3 is 2.00 bits per heavy atom. The molecule has 0 aliphatic heterocycles. The molecule has 0 aromatic carbocycles. The van der Waals surface area contributed by atoms with Gasteiger partial charge in [0.15, 0.2) is 0 Å². The van der Waals surface area contributed by atoms with Crippen molar-refractivity contribution < 1.29 is 8.78 Å². The van der Waals surface area contributed by atoms with E-state index in [1.54, 1.807) is 0 Å². The molecule has 0 aromatic heterocycles. The maximum absolute atomic E-state index is 11.7. The first-order valence-electron chi connectivity index (χ1n) is 1.81. The number of nitrogens with zero attached hydrogens (tertiary/aromatic N) is 1. The first kappa shape index (κ1) is 6.40. The minimum Gasteiger partial charge on any atom is -0.353 e. The zero-order valence-electron chi connectivity index (χ0n) is 4.28. The van der Waals surface area contributed by atoms with Gasteiger partial charge in [0, 0.05) is 14.1 Å². The van der Waals surface area contributed by atoms with Crippen molar-refractivity contribution >= 4 is 0 Å². The van der Waals surface area contributed by atoms with Crippen molar-refractivity contribution in [1.29, 1.82) is 0 Å². The van der Waals surface area contributed by atoms with Crippen LogP contribution in [0.15, 0.2) is 12.3 Å². The van der Waals surface area contributed by atoms with Gasteiger partial charge >= 0.3 is 0 Å². The van der Waals surface area contributed by atoms with E-state index in [9.17, 15) is 8.78 Å². The van der Waals surface area contributed by atoms with Gasteiger partial charge in [-0.25, -0.2) is 4.39 Å². The molecule has 42 valence electrons. The molecule has 0 saturated heterocycles. The van der Waals surface area contributed by atoms with Gasteiger partial charge in [-0.2, -0.15) is 4.39 Å². The monoisotopic (exact) mass is 107 g/mol. The number of hydrogen-bond acceptors (Lipinski definition) is 1. The van der Waals surface area contributed by atoms with Gasteiger partial charge in [0.05, 0.1) is 0 Å². The lowest BCUT2D eigenvalue weighted by Crippen LogP contribution is -2.05. The van der Waals surface area contributed by atoms with E-state index in [1.165, 1.54) is 14.1 Å². The summed E-state index contributed by atoms with van der Waals surface area (Å²) in [5.41, 5.74) is 0. The first-order valence-corrected chi connectivity index (χ1v) is 1.81. The van der Waals surface area contributed by atoms with Crippen molar-refractivity contribution in [2.45, 2.75) is 0 Å². The van der Waals surface area contributed by atoms with Crippen molar-refractivity contribution in [1.82, 2.24) is 4.90 Å². The lowest BCUT2D eigenvalue weighted by Gasteiger charge is -2.04. The molecule has 0 rings (SSSR count). The summed E-state index contributed by atoms with van der Waals surface area (Å²) >= 11 is 0. The van der Waals surface area contributed by atoms with Crippen LogP contribution in [-0.4, -0.2) is 19.0 Å². The van der Waals surface area contributed by atoms with Crippen molar-refractivity contribution in [3.8, 4) is 0 Å². The summed E-state index contributed by atoms with van der Waals surface area (Å²) in [6, 6.07) is 0. The second-order valence-corrected chi connectivity index (χ2v) is 1.33. The first-order chi connectivity index (χ1) is 3.18. The van der Waals surface area contributed by atoms with Gasteiger partial charge in [-0.05, 0) is 0 Å². The predicted molar refractivity (Wildman–Crippen MR) is 24.0 cm³/mol. The third-order valence-electron chi connectivity index (χ3n) is 0.517. The maximum atomic E-state index is 11.7. The highest BCUT2D eigenvalue weighted by Crippen LogP contribution is 1.97. The molecule has 0 radical (unpaired) electrons. The summed E-state index contributed by atoms with van der Waals surface area (Å²) in [4.78, 5) is 1.04. The largest absolute Gasteiger partial charge is 0.353 e. The van der Waals surface area contributed by atoms with E-state index in [-0.39, 0.29) is 6.33 Å². The van der Waals surface area contributed by atoms with Crippen molar-refractivity contribution in [2.24, 2.45) is 0 Å². The SMILES string of the molecule is CN(C)/C(F)=C/F. The van der Waals surface area contributed by atoms with Crippen LogP contribution in [0.1, 0.15) is 0 Å². The molecule has 0 fully saturated rings. The fourth-order valence-electron chi connectivity index (χ4n) is 0.0976. The molecule has 3 heteroatoms. The summed E-state index contributed by atoms with van der Waals surface area (Å²) in [5.74, 6) is -0.861. The standard InChI is InChI=1S/C4H7F2N/c1-7(2)4(6)3-5/h3H,1-2H3/b4-3+. The normalized spacial score (nSPS) is 11.7. The molecule has 0 aromatic rings. The minimum absolute atomic E-state index is 0.0833. The van der Waals surface area contributed by atoms with Crippen LogP contribution in [0.4, 0.5) is 8.78 Å². The summed E-state index contributed by atoms with van der Waals surface area (Å²) < 4.78 is 22.7. The average molecular weight is 107 g/mol. The molecule has 7 heavy (non-hydrogen) atoms. The van der Waals surface area contributed by atoms with Crippen LogP contribution in [0.5, 0.6) is 0 Å². The van der Waals surface area contributed by atoms with Crippen LogP contribution in [-0.2, 0) is 0 Å². The second-order valence-electron chi connectivity index (χ2n) is 1.33. The molecule has 0 aliphatic rings. The Bertz CT molecular complexity index is 77.8. The van der Waals surface area contributed by atoms with E-state index in [0.717, 1.165) is 4.90 Å². The third-order valence-corrected chi connectivity index (χ3v) is 0.517. The molecule has 0 N–H and O–H groups in total. The van der Waals surface area contributed by atoms with E-state index in [1.807, 2.05) is 0 Å². The van der Waals surface area contributed by atoms with Crippen molar-refractivity contribution in [2.75, 3.05) is 14.1 Å². The Morgan fingerprint density at radius 2 is 2.00 bits per heavy atom. The lowest BCUT2D eigenvalue weighted by molar-refractivity contribution is 0.359. The van der Waals surface area contributed by atoms with Crippen molar-refractivity contribution in [3.05, 3.63) is 12.3 Å². The van der Waals surface area contributed by atoms with Crippen LogP contribution in [0.25, 0.3) is 0 Å². The van der Waals surface area contributed by atoms with Gasteiger partial charge in [0.1, 0.15) is 6.33 Å². The zero-order valence-corrected chi connectivity index (χ0v) is 4.28. The van der Waals surface area contributed by atoms with Gasteiger partial charge in [0.2, 0.25) is 5.95 Å². The van der Waals surface area contributed by atoms with Gasteiger partial charge in [0.25, 0.3) is 0 Å². The second kappa shape index (κ2) is 2.55. The molecular weight excluding hydrogens is 100 g/mol. The van der Waals surface area contributed by atoms with Crippen LogP contribution >= 0.6 is 0 Å². The fourth-order valence-corrected chi connectivity index (χ4v) is 0.0976.